The molecule has 1 saturated heterocycles. The zero-order chi connectivity index (χ0) is 16.7. The molecule has 6 heteroatoms. The lowest BCUT2D eigenvalue weighted by Crippen LogP contribution is -2.35. The number of rotatable bonds is 3. The van der Waals surface area contributed by atoms with Crippen LogP contribution in [0, 0.1) is 18.3 Å². The summed E-state index contributed by atoms with van der Waals surface area (Å²) in [5.41, 5.74) is 1.20. The van der Waals surface area contributed by atoms with Crippen molar-refractivity contribution in [1.82, 2.24) is 15.0 Å². The van der Waals surface area contributed by atoms with Crippen molar-refractivity contribution in [2.24, 2.45) is 11.3 Å². The summed E-state index contributed by atoms with van der Waals surface area (Å²) >= 11 is 0. The predicted molar refractivity (Wildman–Crippen MR) is 89.6 cm³/mol. The van der Waals surface area contributed by atoms with Crippen LogP contribution in [-0.2, 0) is 4.79 Å². The van der Waals surface area contributed by atoms with Crippen molar-refractivity contribution in [2.45, 2.75) is 26.2 Å². The Balaban J connectivity index is 1.69. The summed E-state index contributed by atoms with van der Waals surface area (Å²) in [5.74, 6) is 1.04. The number of aliphatic carboxylic acids is 1. The second-order valence-corrected chi connectivity index (χ2v) is 6.86. The van der Waals surface area contributed by atoms with E-state index in [1.54, 1.807) is 12.4 Å². The lowest BCUT2D eigenvalue weighted by atomic mass is 9.81. The van der Waals surface area contributed by atoms with Crippen LogP contribution in [0.4, 0.5) is 5.82 Å². The van der Waals surface area contributed by atoms with Crippen molar-refractivity contribution in [2.75, 3.05) is 18.0 Å². The molecule has 1 saturated carbocycles. The van der Waals surface area contributed by atoms with E-state index in [9.17, 15) is 9.90 Å². The molecule has 0 amide bonds. The van der Waals surface area contributed by atoms with Crippen LogP contribution in [0.25, 0.3) is 11.4 Å². The molecule has 4 rings (SSSR count). The monoisotopic (exact) mass is 324 g/mol. The van der Waals surface area contributed by atoms with E-state index in [0.717, 1.165) is 42.9 Å². The van der Waals surface area contributed by atoms with Crippen LogP contribution in [0.1, 0.15) is 25.0 Å². The van der Waals surface area contributed by atoms with Gasteiger partial charge in [-0.1, -0.05) is 6.42 Å². The third kappa shape index (κ3) is 2.33. The molecule has 2 aliphatic rings. The van der Waals surface area contributed by atoms with E-state index in [1.165, 1.54) is 0 Å². The minimum atomic E-state index is -0.660. The maximum atomic E-state index is 11.9. The van der Waals surface area contributed by atoms with Crippen LogP contribution < -0.4 is 4.90 Å². The molecule has 0 aromatic carbocycles. The lowest BCUT2D eigenvalue weighted by molar-refractivity contribution is -0.149. The number of hydrogen-bond donors (Lipinski definition) is 1. The molecule has 1 aliphatic heterocycles. The van der Waals surface area contributed by atoms with Gasteiger partial charge >= 0.3 is 5.97 Å². The highest BCUT2D eigenvalue weighted by Crippen LogP contribution is 2.49. The van der Waals surface area contributed by atoms with E-state index < -0.39 is 11.4 Å². The number of carboxylic acids is 1. The number of fused-ring (bicyclic) bond motifs is 1. The molecule has 0 spiro atoms. The SMILES string of the molecule is Cc1cc(N2C[C@@H]3CCC[C@@]3(C(=O)O)C2)nc(-c2ccncc2)n1. The minimum absolute atomic E-state index is 0.217. The van der Waals surface area contributed by atoms with Gasteiger partial charge in [-0.3, -0.25) is 9.78 Å². The summed E-state index contributed by atoms with van der Waals surface area (Å²) in [6, 6.07) is 5.72. The third-order valence-electron chi connectivity index (χ3n) is 5.40. The van der Waals surface area contributed by atoms with Crippen LogP contribution in [0.5, 0.6) is 0 Å². The first-order chi connectivity index (χ1) is 11.6. The van der Waals surface area contributed by atoms with Gasteiger partial charge in [-0.15, -0.1) is 0 Å². The molecule has 0 radical (unpaired) electrons. The van der Waals surface area contributed by atoms with Gasteiger partial charge in [-0.05, 0) is 37.8 Å². The molecular weight excluding hydrogens is 304 g/mol. The fraction of sp³-hybridized carbons (Fsp3) is 0.444. The summed E-state index contributed by atoms with van der Waals surface area (Å²) in [6.07, 6.45) is 6.21. The van der Waals surface area contributed by atoms with Crippen LogP contribution >= 0.6 is 0 Å². The van der Waals surface area contributed by atoms with E-state index in [-0.39, 0.29) is 5.92 Å². The molecule has 2 fully saturated rings. The van der Waals surface area contributed by atoms with Crippen molar-refractivity contribution in [3.63, 3.8) is 0 Å². The first-order valence-corrected chi connectivity index (χ1v) is 8.33. The first-order valence-electron chi connectivity index (χ1n) is 8.33. The summed E-state index contributed by atoms with van der Waals surface area (Å²) < 4.78 is 0. The third-order valence-corrected chi connectivity index (χ3v) is 5.40. The number of carboxylic acid groups (broad SMARTS) is 1. The van der Waals surface area contributed by atoms with E-state index in [1.807, 2.05) is 25.1 Å². The molecule has 0 unspecified atom stereocenters. The molecule has 6 nitrogen and oxygen atoms in total. The molecule has 2 aromatic rings. The molecule has 1 aliphatic carbocycles. The van der Waals surface area contributed by atoms with Gasteiger partial charge in [0, 0.05) is 42.8 Å². The van der Waals surface area contributed by atoms with Crippen molar-refractivity contribution >= 4 is 11.8 Å². The van der Waals surface area contributed by atoms with E-state index in [2.05, 4.69) is 14.9 Å². The molecule has 3 heterocycles. The van der Waals surface area contributed by atoms with Gasteiger partial charge in [0.15, 0.2) is 5.82 Å². The maximum Gasteiger partial charge on any atom is 0.311 e. The van der Waals surface area contributed by atoms with Crippen LogP contribution in [0.2, 0.25) is 0 Å². The van der Waals surface area contributed by atoms with Gasteiger partial charge in [-0.25, -0.2) is 9.97 Å². The Morgan fingerprint density at radius 2 is 2.12 bits per heavy atom. The standard InChI is InChI=1S/C18H20N4O2/c1-12-9-15(21-16(20-12)13-4-7-19-8-5-13)22-10-14-3-2-6-18(14,11-22)17(23)24/h4-5,7-9,14H,2-3,6,10-11H2,1H3,(H,23,24)/t14-,18+/m0/s1. The highest BCUT2D eigenvalue weighted by molar-refractivity contribution is 5.78. The predicted octanol–water partition coefficient (Wildman–Crippen LogP) is 2.54. The number of hydrogen-bond acceptors (Lipinski definition) is 5. The Labute approximate surface area is 140 Å². The topological polar surface area (TPSA) is 79.2 Å². The quantitative estimate of drug-likeness (QED) is 0.934. The van der Waals surface area contributed by atoms with Gasteiger partial charge in [0.1, 0.15) is 5.82 Å². The maximum absolute atomic E-state index is 11.9. The van der Waals surface area contributed by atoms with E-state index >= 15 is 0 Å². The highest BCUT2D eigenvalue weighted by atomic mass is 16.4. The number of nitrogens with zero attached hydrogens (tertiary/aromatic N) is 4. The van der Waals surface area contributed by atoms with Gasteiger partial charge in [0.05, 0.1) is 5.41 Å². The molecular formula is C18H20N4O2. The number of carbonyl (C=O) groups is 1. The first kappa shape index (κ1) is 15.1. The van der Waals surface area contributed by atoms with Crippen molar-refractivity contribution in [1.29, 1.82) is 0 Å². The number of pyridine rings is 1. The summed E-state index contributed by atoms with van der Waals surface area (Å²) in [6.45, 7) is 3.25. The zero-order valence-corrected chi connectivity index (χ0v) is 13.6. The molecule has 2 atom stereocenters. The summed E-state index contributed by atoms with van der Waals surface area (Å²) in [5, 5.41) is 9.76. The Hall–Kier alpha value is -2.50. The molecule has 124 valence electrons. The summed E-state index contributed by atoms with van der Waals surface area (Å²) in [4.78, 5) is 27.2. The largest absolute Gasteiger partial charge is 0.481 e. The average molecular weight is 324 g/mol. The van der Waals surface area contributed by atoms with E-state index in [0.29, 0.717) is 12.4 Å². The number of aryl methyl sites for hydroxylation is 1. The van der Waals surface area contributed by atoms with Crippen LogP contribution in [-0.4, -0.2) is 39.1 Å². The smallest absolute Gasteiger partial charge is 0.311 e. The summed E-state index contributed by atoms with van der Waals surface area (Å²) in [7, 11) is 0. The zero-order valence-electron chi connectivity index (χ0n) is 13.6. The van der Waals surface area contributed by atoms with E-state index in [4.69, 9.17) is 4.98 Å². The fourth-order valence-electron chi connectivity index (χ4n) is 4.16. The molecule has 24 heavy (non-hydrogen) atoms. The van der Waals surface area contributed by atoms with Gasteiger partial charge in [0.25, 0.3) is 0 Å². The Bertz CT molecular complexity index is 780. The second kappa shape index (κ2) is 5.54. The Kier molecular flexibility index (Phi) is 3.48. The lowest BCUT2D eigenvalue weighted by Gasteiger charge is -2.24. The molecule has 1 N–H and O–H groups in total. The van der Waals surface area contributed by atoms with Gasteiger partial charge in [0.2, 0.25) is 0 Å². The fourth-order valence-corrected chi connectivity index (χ4v) is 4.16. The van der Waals surface area contributed by atoms with Gasteiger partial charge in [-0.2, -0.15) is 0 Å². The Morgan fingerprint density at radius 1 is 1.33 bits per heavy atom. The molecule has 2 aromatic heterocycles. The van der Waals surface area contributed by atoms with Gasteiger partial charge < -0.3 is 10.0 Å². The van der Waals surface area contributed by atoms with Crippen molar-refractivity contribution in [3.8, 4) is 11.4 Å². The second-order valence-electron chi connectivity index (χ2n) is 6.86. The normalized spacial score (nSPS) is 25.7. The van der Waals surface area contributed by atoms with Crippen LogP contribution in [0.15, 0.2) is 30.6 Å². The van der Waals surface area contributed by atoms with Crippen molar-refractivity contribution in [3.05, 3.63) is 36.3 Å². The molecule has 0 bridgehead atoms. The van der Waals surface area contributed by atoms with Crippen LogP contribution in [0.3, 0.4) is 0 Å². The Morgan fingerprint density at radius 3 is 2.83 bits per heavy atom. The number of aromatic nitrogens is 3. The minimum Gasteiger partial charge on any atom is -0.481 e. The number of anilines is 1. The average Bonchev–Trinajstić information content (AvgIpc) is 3.13. The van der Waals surface area contributed by atoms with Crippen molar-refractivity contribution < 1.29 is 9.90 Å². The highest BCUT2D eigenvalue weighted by Gasteiger charge is 2.55.